The van der Waals surface area contributed by atoms with Crippen molar-refractivity contribution in [2.45, 2.75) is 117 Å². The molecule has 8 heteroatoms. The van der Waals surface area contributed by atoms with Gasteiger partial charge in [-0.3, -0.25) is 0 Å². The highest BCUT2D eigenvalue weighted by Gasteiger charge is 2.00. The molecule has 0 aromatic rings. The first kappa shape index (κ1) is 34.3. The first-order chi connectivity index (χ1) is 12.0. The van der Waals surface area contributed by atoms with Crippen LogP contribution < -0.4 is 0 Å². The molecule has 0 aliphatic heterocycles. The van der Waals surface area contributed by atoms with Gasteiger partial charge in [-0.15, -0.1) is 0 Å². The highest BCUT2D eigenvalue weighted by atomic mass is 31.2. The Morgan fingerprint density at radius 1 is 0.462 bits per heavy atom. The van der Waals surface area contributed by atoms with Gasteiger partial charge in [-0.05, 0) is 0 Å². The number of phosphoric acid groups is 1. The van der Waals surface area contributed by atoms with E-state index in [0.29, 0.717) is 0 Å². The van der Waals surface area contributed by atoms with Gasteiger partial charge in [-0.2, -0.15) is 0 Å². The van der Waals surface area contributed by atoms with Gasteiger partial charge in [0.1, 0.15) is 0 Å². The average Bonchev–Trinajstić information content (AvgIpc) is 2.59. The summed E-state index contributed by atoms with van der Waals surface area (Å²) in [4.78, 5) is 21.6. The van der Waals surface area contributed by atoms with Crippen LogP contribution in [0.4, 0.5) is 0 Å². The van der Waals surface area contributed by atoms with Crippen molar-refractivity contribution in [3.8, 4) is 0 Å². The first-order valence-corrected chi connectivity index (χ1v) is 19.7. The van der Waals surface area contributed by atoms with E-state index in [2.05, 4.69) is 62.3 Å². The van der Waals surface area contributed by atoms with Crippen LogP contribution in [-0.4, -0.2) is 41.1 Å². The SMILES string of the molecule is CC[SiH](CC)CC.CC[SiH](CC)CC.CC[SiH](CC)CC.O=P(O)(O)O. The minimum Gasteiger partial charge on any atom is -0.303 e. The molecule has 0 rings (SSSR count). The van der Waals surface area contributed by atoms with E-state index in [9.17, 15) is 0 Å². The van der Waals surface area contributed by atoms with Gasteiger partial charge in [-0.25, -0.2) is 4.57 Å². The lowest BCUT2D eigenvalue weighted by molar-refractivity contribution is 0.275. The third kappa shape index (κ3) is 39.7. The topological polar surface area (TPSA) is 77.8 Å². The maximum Gasteiger partial charge on any atom is 0.466 e. The lowest BCUT2D eigenvalue weighted by Gasteiger charge is -2.03. The van der Waals surface area contributed by atoms with E-state index in [4.69, 9.17) is 19.2 Å². The van der Waals surface area contributed by atoms with Gasteiger partial charge in [0.2, 0.25) is 0 Å². The summed E-state index contributed by atoms with van der Waals surface area (Å²) >= 11 is 0. The van der Waals surface area contributed by atoms with Crippen LogP contribution in [0, 0.1) is 0 Å². The Morgan fingerprint density at radius 3 is 0.538 bits per heavy atom. The van der Waals surface area contributed by atoms with Crippen LogP contribution in [0.1, 0.15) is 62.3 Å². The van der Waals surface area contributed by atoms with Crippen molar-refractivity contribution in [3.05, 3.63) is 0 Å². The summed E-state index contributed by atoms with van der Waals surface area (Å²) in [6, 6.07) is 13.4. The summed E-state index contributed by atoms with van der Waals surface area (Å²) in [6.45, 7) is 20.9. The molecule has 0 amide bonds. The molecule has 0 spiro atoms. The predicted molar refractivity (Wildman–Crippen MR) is 130 cm³/mol. The molecule has 0 saturated heterocycles. The number of rotatable bonds is 9. The van der Waals surface area contributed by atoms with E-state index in [1.807, 2.05) is 0 Å². The molecule has 0 radical (unpaired) electrons. The Morgan fingerprint density at radius 2 is 0.538 bits per heavy atom. The summed E-state index contributed by atoms with van der Waals surface area (Å²) in [6.07, 6.45) is 0. The smallest absolute Gasteiger partial charge is 0.303 e. The van der Waals surface area contributed by atoms with Crippen LogP contribution >= 0.6 is 7.82 Å². The summed E-state index contributed by atoms with van der Waals surface area (Å²) in [7, 11) is -5.15. The molecule has 0 unspecified atom stereocenters. The monoisotopic (exact) mass is 446 g/mol. The number of hydrogen-bond acceptors (Lipinski definition) is 1. The second-order valence-electron chi connectivity index (χ2n) is 6.79. The predicted octanol–water partition coefficient (Wildman–Crippen LogP) is 5.89. The summed E-state index contributed by atoms with van der Waals surface area (Å²) in [5.74, 6) is 0. The van der Waals surface area contributed by atoms with Crippen LogP contribution in [0.15, 0.2) is 0 Å². The van der Waals surface area contributed by atoms with Crippen molar-refractivity contribution < 1.29 is 19.2 Å². The lowest BCUT2D eigenvalue weighted by Crippen LogP contribution is -2.04. The second kappa shape index (κ2) is 25.8. The zero-order chi connectivity index (χ0) is 21.6. The average molecular weight is 447 g/mol. The molecule has 4 nitrogen and oxygen atoms in total. The molecule has 164 valence electrons. The molecule has 0 aromatic carbocycles. The third-order valence-electron chi connectivity index (χ3n) is 5.20. The zero-order valence-corrected chi connectivity index (χ0v) is 23.7. The van der Waals surface area contributed by atoms with E-state index in [1.54, 1.807) is 0 Å². The van der Waals surface area contributed by atoms with Gasteiger partial charge in [0, 0.05) is 26.4 Å². The van der Waals surface area contributed by atoms with Crippen molar-refractivity contribution in [2.75, 3.05) is 0 Å². The molecular weight excluding hydrogens is 395 g/mol. The summed E-state index contributed by atoms with van der Waals surface area (Å²) in [5, 5.41) is 0. The van der Waals surface area contributed by atoms with Crippen LogP contribution in [0.25, 0.3) is 0 Å². The van der Waals surface area contributed by atoms with Crippen molar-refractivity contribution in [2.24, 2.45) is 0 Å². The van der Waals surface area contributed by atoms with Gasteiger partial charge in [0.05, 0.1) is 0 Å². The van der Waals surface area contributed by atoms with Crippen LogP contribution in [0.2, 0.25) is 54.4 Å². The normalized spacial score (nSPS) is 10.6. The van der Waals surface area contributed by atoms with Crippen molar-refractivity contribution in [3.63, 3.8) is 0 Å². The van der Waals surface area contributed by atoms with Crippen LogP contribution in [0.5, 0.6) is 0 Å². The molecule has 3 N–H and O–H groups in total. The fraction of sp³-hybridized carbons (Fsp3) is 1.00. The van der Waals surface area contributed by atoms with Crippen LogP contribution in [-0.2, 0) is 4.57 Å². The Kier molecular flexibility index (Phi) is 34.0. The second-order valence-corrected chi connectivity index (χ2v) is 20.4. The van der Waals surface area contributed by atoms with Gasteiger partial charge in [0.15, 0.2) is 0 Å². The highest BCUT2D eigenvalue weighted by molar-refractivity contribution is 7.45. The highest BCUT2D eigenvalue weighted by Crippen LogP contribution is 2.25. The molecule has 0 aromatic heterocycles. The van der Waals surface area contributed by atoms with E-state index in [0.717, 1.165) is 0 Å². The molecule has 0 saturated carbocycles. The Hall–Kier alpha value is 0.761. The molecule has 0 fully saturated rings. The lowest BCUT2D eigenvalue weighted by atomic mass is 10.9. The van der Waals surface area contributed by atoms with Crippen molar-refractivity contribution >= 4 is 34.2 Å². The standard InChI is InChI=1S/3C6H16Si.H3O4P/c3*1-4-7(5-2)6-3;1-5(2,3)4/h3*7H,4-6H2,1-3H3;(H3,1,2,3,4). The molecule has 0 aliphatic carbocycles. The van der Waals surface area contributed by atoms with Gasteiger partial charge in [0.25, 0.3) is 0 Å². The molecule has 0 bridgehead atoms. The molecule has 0 atom stereocenters. The minimum atomic E-state index is -4.64. The zero-order valence-electron chi connectivity index (χ0n) is 19.3. The number of hydrogen-bond donors (Lipinski definition) is 3. The van der Waals surface area contributed by atoms with Crippen molar-refractivity contribution in [1.82, 2.24) is 0 Å². The Balaban J connectivity index is -0.000000125. The van der Waals surface area contributed by atoms with Gasteiger partial charge in [-0.1, -0.05) is 117 Å². The van der Waals surface area contributed by atoms with E-state index in [-0.39, 0.29) is 26.4 Å². The van der Waals surface area contributed by atoms with E-state index < -0.39 is 7.82 Å². The fourth-order valence-electron chi connectivity index (χ4n) is 2.60. The van der Waals surface area contributed by atoms with Gasteiger partial charge >= 0.3 is 7.82 Å². The van der Waals surface area contributed by atoms with E-state index >= 15 is 0 Å². The van der Waals surface area contributed by atoms with Crippen molar-refractivity contribution in [1.29, 1.82) is 0 Å². The largest absolute Gasteiger partial charge is 0.466 e. The quantitative estimate of drug-likeness (QED) is 0.305. The summed E-state index contributed by atoms with van der Waals surface area (Å²) < 4.78 is 8.88. The van der Waals surface area contributed by atoms with E-state index in [1.165, 1.54) is 54.4 Å². The molecule has 26 heavy (non-hydrogen) atoms. The van der Waals surface area contributed by atoms with Gasteiger partial charge < -0.3 is 14.7 Å². The fourth-order valence-corrected chi connectivity index (χ4v) is 7.79. The Labute approximate surface area is 170 Å². The third-order valence-corrected chi connectivity index (χ3v) is 15.6. The Bertz CT molecular complexity index is 226. The molecule has 0 heterocycles. The first-order valence-electron chi connectivity index (χ1n) is 10.8. The van der Waals surface area contributed by atoms with Crippen LogP contribution in [0.3, 0.4) is 0 Å². The minimum absolute atomic E-state index is 0.171. The maximum atomic E-state index is 8.88. The molecule has 0 aliphatic rings. The summed E-state index contributed by atoms with van der Waals surface area (Å²) in [5.41, 5.74) is 0. The molecular formula is C18H51O4PSi3. The maximum absolute atomic E-state index is 8.88.